The van der Waals surface area contributed by atoms with Crippen molar-refractivity contribution < 1.29 is 0 Å². The summed E-state index contributed by atoms with van der Waals surface area (Å²) in [6.07, 6.45) is 0. The van der Waals surface area contributed by atoms with Gasteiger partial charge in [-0.2, -0.15) is 0 Å². The molecule has 0 nitrogen and oxygen atoms in total. The number of fused-ring (bicyclic) bond motifs is 2. The lowest BCUT2D eigenvalue weighted by Gasteiger charge is -2.37. The summed E-state index contributed by atoms with van der Waals surface area (Å²) < 4.78 is 2.43. The van der Waals surface area contributed by atoms with Gasteiger partial charge in [-0.05, 0) is 83.0 Å². The molecule has 7 rings (SSSR count). The highest BCUT2D eigenvalue weighted by Gasteiger charge is 2.49. The zero-order chi connectivity index (χ0) is 24.3. The van der Waals surface area contributed by atoms with Gasteiger partial charge in [0.2, 0.25) is 0 Å². The van der Waals surface area contributed by atoms with Gasteiger partial charge >= 0.3 is 0 Å². The predicted octanol–water partition coefficient (Wildman–Crippen LogP) is 10.4. The van der Waals surface area contributed by atoms with Crippen molar-refractivity contribution in [1.82, 2.24) is 0 Å². The zero-order valence-corrected chi connectivity index (χ0v) is 24.4. The van der Waals surface area contributed by atoms with Crippen molar-refractivity contribution in [3.05, 3.63) is 67.6 Å². The summed E-state index contributed by atoms with van der Waals surface area (Å²) in [6, 6.07) is 14.5. The minimum atomic E-state index is 0.0503. The summed E-state index contributed by atoms with van der Waals surface area (Å²) >= 11 is 8.15. The third-order valence-electron chi connectivity index (χ3n) is 10.8. The van der Waals surface area contributed by atoms with Crippen LogP contribution in [0.25, 0.3) is 43.1 Å². The molecule has 0 fully saturated rings. The molecule has 2 aliphatic rings. The minimum absolute atomic E-state index is 0.0503. The van der Waals surface area contributed by atoms with E-state index >= 15 is 0 Å². The molecule has 0 spiro atoms. The Morgan fingerprint density at radius 2 is 0.765 bits per heavy atom. The van der Waals surface area contributed by atoms with E-state index in [1.807, 2.05) is 0 Å². The maximum Gasteiger partial charge on any atom is 0.0263 e. The standard InChI is InChI=1S/C32H30Br2/c1-29(2)17-11-9-15-23-16(10-12-18(26(17)23)30(29,3)4)25-22(34)14-20-27-19(31(5,6)32(20,7)8)13-21(33)24(15)28(25)27/h9-14H,1-8H3. The molecule has 0 atom stereocenters. The highest BCUT2D eigenvalue weighted by molar-refractivity contribution is 9.11. The first kappa shape index (κ1) is 21.6. The summed E-state index contributed by atoms with van der Waals surface area (Å²) in [5.74, 6) is 0. The van der Waals surface area contributed by atoms with Crippen LogP contribution in [0.1, 0.15) is 77.6 Å². The van der Waals surface area contributed by atoms with Gasteiger partial charge in [0.25, 0.3) is 0 Å². The Bertz CT molecular complexity index is 1640. The first-order valence-corrected chi connectivity index (χ1v) is 13.9. The van der Waals surface area contributed by atoms with Crippen molar-refractivity contribution in [1.29, 1.82) is 0 Å². The Hall–Kier alpha value is -1.64. The lowest BCUT2D eigenvalue weighted by Crippen LogP contribution is -2.35. The Morgan fingerprint density at radius 3 is 1.18 bits per heavy atom. The average Bonchev–Trinajstić information content (AvgIpc) is 3.01. The van der Waals surface area contributed by atoms with Gasteiger partial charge in [-0.3, -0.25) is 0 Å². The fraction of sp³-hybridized carbons (Fsp3) is 0.375. The molecular weight excluding hydrogens is 544 g/mol. The SMILES string of the molecule is CC1(C)c2ccc3c4c(Br)cc5c6c(cc(Br)c(c7ccc(c2c37)C1(C)C)c64)C(C)(C)C5(C)C. The van der Waals surface area contributed by atoms with Gasteiger partial charge in [-0.1, -0.05) is 112 Å². The van der Waals surface area contributed by atoms with Crippen LogP contribution in [0.3, 0.4) is 0 Å². The fourth-order valence-corrected chi connectivity index (χ4v) is 8.66. The van der Waals surface area contributed by atoms with Crippen LogP contribution >= 0.6 is 31.9 Å². The van der Waals surface area contributed by atoms with Crippen LogP contribution in [0.4, 0.5) is 0 Å². The van der Waals surface area contributed by atoms with E-state index in [2.05, 4.69) is 124 Å². The average molecular weight is 574 g/mol. The third-order valence-corrected chi connectivity index (χ3v) is 12.1. The van der Waals surface area contributed by atoms with Gasteiger partial charge in [0.05, 0.1) is 0 Å². The molecule has 5 aromatic rings. The van der Waals surface area contributed by atoms with Crippen molar-refractivity contribution in [3.8, 4) is 0 Å². The van der Waals surface area contributed by atoms with Gasteiger partial charge in [0.1, 0.15) is 0 Å². The molecule has 0 N–H and O–H groups in total. The van der Waals surface area contributed by atoms with E-state index in [-0.39, 0.29) is 21.7 Å². The van der Waals surface area contributed by atoms with E-state index in [1.165, 1.54) is 74.3 Å². The topological polar surface area (TPSA) is 0 Å². The third kappa shape index (κ3) is 2.00. The number of halogens is 2. The smallest absolute Gasteiger partial charge is 0.0263 e. The molecule has 0 radical (unpaired) electrons. The highest BCUT2D eigenvalue weighted by atomic mass is 79.9. The van der Waals surface area contributed by atoms with Crippen molar-refractivity contribution in [2.45, 2.75) is 77.0 Å². The summed E-state index contributed by atoms with van der Waals surface area (Å²) in [5, 5.41) is 11.3. The quantitative estimate of drug-likeness (QED) is 0.128. The molecule has 2 heteroatoms. The largest absolute Gasteiger partial charge is 0.0572 e. The van der Waals surface area contributed by atoms with Gasteiger partial charge in [-0.15, -0.1) is 0 Å². The number of hydrogen-bond donors (Lipinski definition) is 0. The van der Waals surface area contributed by atoms with Gasteiger partial charge in [-0.25, -0.2) is 0 Å². The van der Waals surface area contributed by atoms with Crippen molar-refractivity contribution in [2.75, 3.05) is 0 Å². The molecule has 0 aromatic heterocycles. The minimum Gasteiger partial charge on any atom is -0.0572 e. The van der Waals surface area contributed by atoms with E-state index in [1.54, 1.807) is 0 Å². The van der Waals surface area contributed by atoms with Gasteiger partial charge in [0, 0.05) is 25.1 Å². The Balaban J connectivity index is 1.84. The number of benzene rings is 5. The molecule has 172 valence electrons. The van der Waals surface area contributed by atoms with Gasteiger partial charge in [0.15, 0.2) is 0 Å². The van der Waals surface area contributed by atoms with Crippen LogP contribution in [-0.2, 0) is 21.7 Å². The van der Waals surface area contributed by atoms with Crippen LogP contribution in [0.5, 0.6) is 0 Å². The predicted molar refractivity (Wildman–Crippen MR) is 155 cm³/mol. The lowest BCUT2D eigenvalue weighted by molar-refractivity contribution is 0.322. The summed E-state index contributed by atoms with van der Waals surface area (Å²) in [6.45, 7) is 19.3. The van der Waals surface area contributed by atoms with Gasteiger partial charge < -0.3 is 0 Å². The summed E-state index contributed by atoms with van der Waals surface area (Å²) in [4.78, 5) is 0. The number of hydrogen-bond acceptors (Lipinski definition) is 0. The van der Waals surface area contributed by atoms with Crippen molar-refractivity contribution >= 4 is 74.9 Å². The maximum absolute atomic E-state index is 4.07. The molecular formula is C32H30Br2. The van der Waals surface area contributed by atoms with Crippen molar-refractivity contribution in [3.63, 3.8) is 0 Å². The maximum atomic E-state index is 4.07. The molecule has 0 aliphatic heterocycles. The Labute approximate surface area is 218 Å². The second-order valence-electron chi connectivity index (χ2n) is 12.9. The van der Waals surface area contributed by atoms with E-state index in [4.69, 9.17) is 0 Å². The molecule has 0 bridgehead atoms. The van der Waals surface area contributed by atoms with Crippen LogP contribution in [-0.4, -0.2) is 0 Å². The molecule has 5 aromatic carbocycles. The van der Waals surface area contributed by atoms with Crippen LogP contribution in [0.15, 0.2) is 45.3 Å². The number of rotatable bonds is 0. The molecule has 0 saturated heterocycles. The highest BCUT2D eigenvalue weighted by Crippen LogP contribution is 2.61. The summed E-state index contributed by atoms with van der Waals surface area (Å²) in [5.41, 5.74) is 6.17. The first-order chi connectivity index (χ1) is 15.7. The van der Waals surface area contributed by atoms with E-state index in [0.717, 1.165) is 0 Å². The molecule has 2 aliphatic carbocycles. The van der Waals surface area contributed by atoms with Crippen LogP contribution < -0.4 is 0 Å². The Morgan fingerprint density at radius 1 is 0.412 bits per heavy atom. The molecule has 0 unspecified atom stereocenters. The van der Waals surface area contributed by atoms with Crippen molar-refractivity contribution in [2.24, 2.45) is 0 Å². The molecule has 34 heavy (non-hydrogen) atoms. The second kappa shape index (κ2) is 5.84. The zero-order valence-electron chi connectivity index (χ0n) is 21.2. The van der Waals surface area contributed by atoms with E-state index < -0.39 is 0 Å². The summed E-state index contributed by atoms with van der Waals surface area (Å²) in [7, 11) is 0. The monoisotopic (exact) mass is 572 g/mol. The van der Waals surface area contributed by atoms with E-state index in [0.29, 0.717) is 0 Å². The molecule has 0 amide bonds. The normalized spacial score (nSPS) is 21.0. The van der Waals surface area contributed by atoms with Crippen LogP contribution in [0.2, 0.25) is 0 Å². The van der Waals surface area contributed by atoms with E-state index in [9.17, 15) is 0 Å². The Kier molecular flexibility index (Phi) is 3.71. The fourth-order valence-electron chi connectivity index (χ4n) is 7.38. The van der Waals surface area contributed by atoms with Crippen LogP contribution in [0, 0.1) is 0 Å². The first-order valence-electron chi connectivity index (χ1n) is 12.4. The second-order valence-corrected chi connectivity index (χ2v) is 14.6. The lowest BCUT2D eigenvalue weighted by atomic mass is 9.66. The molecule has 0 heterocycles. The molecule has 0 saturated carbocycles.